The number of carbonyl (C=O) groups excluding carboxylic acids is 1. The smallest absolute Gasteiger partial charge is 0.326 e. The number of nitrogens with one attached hydrogen (secondary N) is 1. The van der Waals surface area contributed by atoms with Crippen molar-refractivity contribution in [2.75, 3.05) is 25.6 Å². The standard InChI is InChI=1S/C29H40N2O3S/c1-21-9-7-8-12-24(21)26-19-23(20-31(2)17-15-22-10-5-4-6-11-22)13-14-25(26)28(32)30-27(29(33)34)16-18-35-3/h7-9,12-14,19,22,27H,4-6,10-11,15-18,20H2,1-3H3,(H,30,32)(H,33,34)/t27-/m0/s1. The summed E-state index contributed by atoms with van der Waals surface area (Å²) in [5, 5.41) is 12.3. The molecule has 2 aromatic carbocycles. The van der Waals surface area contributed by atoms with Gasteiger partial charge in [-0.1, -0.05) is 62.4 Å². The lowest BCUT2D eigenvalue weighted by atomic mass is 9.87. The molecule has 1 aliphatic carbocycles. The van der Waals surface area contributed by atoms with Crippen molar-refractivity contribution in [3.63, 3.8) is 0 Å². The molecular weight excluding hydrogens is 456 g/mol. The zero-order valence-corrected chi connectivity index (χ0v) is 22.2. The number of amides is 1. The summed E-state index contributed by atoms with van der Waals surface area (Å²) in [4.78, 5) is 27.3. The molecule has 5 nitrogen and oxygen atoms in total. The van der Waals surface area contributed by atoms with E-state index in [-0.39, 0.29) is 5.91 Å². The number of benzene rings is 2. The van der Waals surface area contributed by atoms with Crippen molar-refractivity contribution >= 4 is 23.6 Å². The third-order valence-electron chi connectivity index (χ3n) is 7.07. The van der Waals surface area contributed by atoms with Crippen molar-refractivity contribution in [3.05, 3.63) is 59.2 Å². The van der Waals surface area contributed by atoms with Gasteiger partial charge in [-0.25, -0.2) is 4.79 Å². The van der Waals surface area contributed by atoms with Gasteiger partial charge in [0.15, 0.2) is 0 Å². The number of carboxylic acids is 1. The Hall–Kier alpha value is -2.31. The van der Waals surface area contributed by atoms with Gasteiger partial charge in [-0.2, -0.15) is 11.8 Å². The number of thioether (sulfide) groups is 1. The van der Waals surface area contributed by atoms with Gasteiger partial charge < -0.3 is 15.3 Å². The zero-order valence-electron chi connectivity index (χ0n) is 21.4. The highest BCUT2D eigenvalue weighted by molar-refractivity contribution is 7.98. The van der Waals surface area contributed by atoms with E-state index in [4.69, 9.17) is 0 Å². The normalized spacial score (nSPS) is 15.2. The fourth-order valence-electron chi connectivity index (χ4n) is 4.98. The highest BCUT2D eigenvalue weighted by Gasteiger charge is 2.23. The van der Waals surface area contributed by atoms with Crippen LogP contribution < -0.4 is 5.32 Å². The monoisotopic (exact) mass is 496 g/mol. The second-order valence-electron chi connectivity index (χ2n) is 9.87. The number of hydrogen-bond acceptors (Lipinski definition) is 4. The minimum absolute atomic E-state index is 0.339. The fraction of sp³-hybridized carbons (Fsp3) is 0.517. The molecule has 0 aromatic heterocycles. The minimum atomic E-state index is -0.999. The predicted molar refractivity (Wildman–Crippen MR) is 146 cm³/mol. The first-order valence-corrected chi connectivity index (χ1v) is 14.2. The van der Waals surface area contributed by atoms with Crippen molar-refractivity contribution in [1.82, 2.24) is 10.2 Å². The first kappa shape index (κ1) is 27.3. The number of carbonyl (C=O) groups is 2. The quantitative estimate of drug-likeness (QED) is 0.377. The van der Waals surface area contributed by atoms with E-state index in [1.54, 1.807) is 11.8 Å². The molecule has 0 bridgehead atoms. The van der Waals surface area contributed by atoms with Crippen molar-refractivity contribution in [3.8, 4) is 11.1 Å². The molecule has 1 atom stereocenters. The number of carboxylic acid groups (broad SMARTS) is 1. The van der Waals surface area contributed by atoms with Gasteiger partial charge in [0.2, 0.25) is 0 Å². The lowest BCUT2D eigenvalue weighted by molar-refractivity contribution is -0.139. The molecular formula is C29H40N2O3S. The number of rotatable bonds is 12. The van der Waals surface area contributed by atoms with Gasteiger partial charge in [0.1, 0.15) is 6.04 Å². The zero-order chi connectivity index (χ0) is 25.2. The Morgan fingerprint density at radius 3 is 2.54 bits per heavy atom. The molecule has 0 radical (unpaired) electrons. The van der Waals surface area contributed by atoms with Gasteiger partial charge in [0.05, 0.1) is 0 Å². The SMILES string of the molecule is CSCC[C@H](NC(=O)c1ccc(CN(C)CCC2CCCCC2)cc1-c1ccccc1C)C(=O)O. The maximum Gasteiger partial charge on any atom is 0.326 e. The molecule has 2 N–H and O–H groups in total. The Kier molecular flexibility index (Phi) is 10.7. The summed E-state index contributed by atoms with van der Waals surface area (Å²) in [7, 11) is 2.17. The maximum atomic E-state index is 13.2. The number of aryl methyl sites for hydroxylation is 1. The van der Waals surface area contributed by atoms with Crippen molar-refractivity contribution in [1.29, 1.82) is 0 Å². The Morgan fingerprint density at radius 1 is 1.11 bits per heavy atom. The van der Waals surface area contributed by atoms with Crippen molar-refractivity contribution in [2.24, 2.45) is 5.92 Å². The lowest BCUT2D eigenvalue weighted by Gasteiger charge is -2.25. The van der Waals surface area contributed by atoms with Crippen LogP contribution in [0.15, 0.2) is 42.5 Å². The van der Waals surface area contributed by atoms with E-state index in [0.717, 1.165) is 41.3 Å². The molecule has 6 heteroatoms. The van der Waals surface area contributed by atoms with E-state index in [1.807, 2.05) is 49.6 Å². The lowest BCUT2D eigenvalue weighted by Crippen LogP contribution is -2.41. The largest absolute Gasteiger partial charge is 0.480 e. The Labute approximate surface area is 214 Å². The molecule has 1 fully saturated rings. The van der Waals surface area contributed by atoms with Crippen LogP contribution in [0, 0.1) is 12.8 Å². The van der Waals surface area contributed by atoms with E-state index in [1.165, 1.54) is 38.5 Å². The maximum absolute atomic E-state index is 13.2. The van der Waals surface area contributed by atoms with Crippen LogP contribution in [0.4, 0.5) is 0 Å². The van der Waals surface area contributed by atoms with Crippen LogP contribution in [0.3, 0.4) is 0 Å². The van der Waals surface area contributed by atoms with Crippen LogP contribution in [0.25, 0.3) is 11.1 Å². The summed E-state index contributed by atoms with van der Waals surface area (Å²) >= 11 is 1.57. The number of nitrogens with zero attached hydrogens (tertiary/aromatic N) is 1. The Bertz CT molecular complexity index is 988. The van der Waals surface area contributed by atoms with Gasteiger partial charge in [0, 0.05) is 12.1 Å². The highest BCUT2D eigenvalue weighted by atomic mass is 32.2. The Morgan fingerprint density at radius 2 is 1.86 bits per heavy atom. The molecule has 190 valence electrons. The van der Waals surface area contributed by atoms with Crippen molar-refractivity contribution in [2.45, 2.75) is 64.5 Å². The van der Waals surface area contributed by atoms with Crippen LogP contribution in [0.2, 0.25) is 0 Å². The molecule has 1 saturated carbocycles. The van der Waals surface area contributed by atoms with Gasteiger partial charge in [-0.05, 0) is 85.7 Å². The van der Waals surface area contributed by atoms with Gasteiger partial charge in [-0.15, -0.1) is 0 Å². The fourth-order valence-corrected chi connectivity index (χ4v) is 5.46. The summed E-state index contributed by atoms with van der Waals surface area (Å²) in [5.41, 5.74) is 4.61. The van der Waals surface area contributed by atoms with Gasteiger partial charge in [0.25, 0.3) is 5.91 Å². The molecule has 2 aromatic rings. The molecule has 0 unspecified atom stereocenters. The van der Waals surface area contributed by atoms with E-state index in [0.29, 0.717) is 17.7 Å². The summed E-state index contributed by atoms with van der Waals surface area (Å²) in [6.07, 6.45) is 10.4. The first-order chi connectivity index (χ1) is 16.9. The molecule has 35 heavy (non-hydrogen) atoms. The molecule has 0 aliphatic heterocycles. The van der Waals surface area contributed by atoms with Crippen LogP contribution in [0.1, 0.15) is 66.4 Å². The average molecular weight is 497 g/mol. The third kappa shape index (κ3) is 8.11. The second-order valence-corrected chi connectivity index (χ2v) is 10.9. The summed E-state index contributed by atoms with van der Waals surface area (Å²) in [6.45, 7) is 3.93. The molecule has 0 spiro atoms. The van der Waals surface area contributed by atoms with Crippen molar-refractivity contribution < 1.29 is 14.7 Å². The van der Waals surface area contributed by atoms with Crippen LogP contribution in [0.5, 0.6) is 0 Å². The van der Waals surface area contributed by atoms with Crippen LogP contribution in [-0.2, 0) is 11.3 Å². The highest BCUT2D eigenvalue weighted by Crippen LogP contribution is 2.29. The minimum Gasteiger partial charge on any atom is -0.480 e. The van der Waals surface area contributed by atoms with E-state index >= 15 is 0 Å². The topological polar surface area (TPSA) is 69.6 Å². The molecule has 1 amide bonds. The average Bonchev–Trinajstić information content (AvgIpc) is 2.86. The molecule has 3 rings (SSSR count). The van der Waals surface area contributed by atoms with E-state index in [2.05, 4.69) is 23.3 Å². The summed E-state index contributed by atoms with van der Waals surface area (Å²) < 4.78 is 0. The van der Waals surface area contributed by atoms with E-state index < -0.39 is 12.0 Å². The number of hydrogen-bond donors (Lipinski definition) is 2. The Balaban J connectivity index is 1.80. The second kappa shape index (κ2) is 13.7. The molecule has 0 heterocycles. The summed E-state index contributed by atoms with van der Waals surface area (Å²) in [6, 6.07) is 13.1. The van der Waals surface area contributed by atoms with Crippen LogP contribution >= 0.6 is 11.8 Å². The van der Waals surface area contributed by atoms with Gasteiger partial charge >= 0.3 is 5.97 Å². The van der Waals surface area contributed by atoms with E-state index in [9.17, 15) is 14.7 Å². The van der Waals surface area contributed by atoms with Gasteiger partial charge in [-0.3, -0.25) is 4.79 Å². The third-order valence-corrected chi connectivity index (χ3v) is 7.72. The summed E-state index contributed by atoms with van der Waals surface area (Å²) in [5.74, 6) is 0.191. The predicted octanol–water partition coefficient (Wildman–Crippen LogP) is 6.00. The molecule has 1 aliphatic rings. The molecule has 0 saturated heterocycles. The number of aliphatic carboxylic acids is 1. The van der Waals surface area contributed by atoms with Crippen LogP contribution in [-0.4, -0.2) is 53.5 Å². The first-order valence-electron chi connectivity index (χ1n) is 12.8.